The molecule has 1 saturated heterocycles. The molecule has 0 bridgehead atoms. The number of methoxy groups -OCH3 is 1. The first-order valence-electron chi connectivity index (χ1n) is 10.1. The highest BCUT2D eigenvalue weighted by atomic mass is 32.1. The molecule has 4 heteroatoms. The van der Waals surface area contributed by atoms with E-state index in [0.29, 0.717) is 18.1 Å². The SMILES string of the molecule is COc1ccccc1[C@]1(CCN[C@@H](C)c2cccs2)CCO[C@@H](C(C)C)C1. The van der Waals surface area contributed by atoms with Gasteiger partial charge in [0, 0.05) is 28.5 Å². The van der Waals surface area contributed by atoms with E-state index in [2.05, 4.69) is 67.9 Å². The molecule has 1 aromatic carbocycles. The van der Waals surface area contributed by atoms with Gasteiger partial charge < -0.3 is 14.8 Å². The minimum Gasteiger partial charge on any atom is -0.496 e. The summed E-state index contributed by atoms with van der Waals surface area (Å²) in [4.78, 5) is 1.40. The van der Waals surface area contributed by atoms with Crippen LogP contribution in [0.4, 0.5) is 0 Å². The van der Waals surface area contributed by atoms with Crippen LogP contribution in [0.15, 0.2) is 41.8 Å². The lowest BCUT2D eigenvalue weighted by Gasteiger charge is -2.43. The van der Waals surface area contributed by atoms with Crippen molar-refractivity contribution in [3.05, 3.63) is 52.2 Å². The number of para-hydroxylation sites is 1. The van der Waals surface area contributed by atoms with E-state index in [1.807, 2.05) is 11.3 Å². The van der Waals surface area contributed by atoms with E-state index < -0.39 is 0 Å². The van der Waals surface area contributed by atoms with Crippen molar-refractivity contribution in [2.45, 2.75) is 57.6 Å². The van der Waals surface area contributed by atoms with Crippen LogP contribution in [-0.2, 0) is 10.2 Å². The average Bonchev–Trinajstić information content (AvgIpc) is 3.23. The van der Waals surface area contributed by atoms with Crippen LogP contribution >= 0.6 is 11.3 Å². The zero-order chi connectivity index (χ0) is 19.3. The molecule has 27 heavy (non-hydrogen) atoms. The smallest absolute Gasteiger partial charge is 0.122 e. The molecular formula is C23H33NO2S. The Balaban J connectivity index is 1.79. The number of hydrogen-bond acceptors (Lipinski definition) is 4. The molecule has 1 aliphatic heterocycles. The molecule has 1 N–H and O–H groups in total. The van der Waals surface area contributed by atoms with Gasteiger partial charge in [-0.2, -0.15) is 0 Å². The van der Waals surface area contributed by atoms with E-state index in [9.17, 15) is 0 Å². The lowest BCUT2D eigenvalue weighted by molar-refractivity contribution is -0.0474. The van der Waals surface area contributed by atoms with Gasteiger partial charge >= 0.3 is 0 Å². The third kappa shape index (κ3) is 4.74. The summed E-state index contributed by atoms with van der Waals surface area (Å²) in [5.74, 6) is 1.53. The van der Waals surface area contributed by atoms with Gasteiger partial charge in [0.2, 0.25) is 0 Å². The number of thiophene rings is 1. The van der Waals surface area contributed by atoms with Crippen molar-refractivity contribution in [1.29, 1.82) is 0 Å². The van der Waals surface area contributed by atoms with Crippen LogP contribution in [-0.4, -0.2) is 26.4 Å². The van der Waals surface area contributed by atoms with E-state index in [1.165, 1.54) is 10.4 Å². The minimum atomic E-state index is 0.0992. The van der Waals surface area contributed by atoms with Crippen molar-refractivity contribution in [2.75, 3.05) is 20.3 Å². The lowest BCUT2D eigenvalue weighted by atomic mass is 9.68. The monoisotopic (exact) mass is 387 g/mol. The molecule has 148 valence electrons. The van der Waals surface area contributed by atoms with Crippen LogP contribution in [0.5, 0.6) is 5.75 Å². The summed E-state index contributed by atoms with van der Waals surface area (Å²) in [7, 11) is 1.78. The van der Waals surface area contributed by atoms with Crippen LogP contribution in [0.2, 0.25) is 0 Å². The van der Waals surface area contributed by atoms with Crippen LogP contribution in [0, 0.1) is 5.92 Å². The van der Waals surface area contributed by atoms with Gasteiger partial charge in [-0.15, -0.1) is 11.3 Å². The second-order valence-electron chi connectivity index (χ2n) is 8.03. The highest BCUT2D eigenvalue weighted by Crippen LogP contribution is 2.45. The summed E-state index contributed by atoms with van der Waals surface area (Å²) < 4.78 is 11.9. The Morgan fingerprint density at radius 2 is 2.04 bits per heavy atom. The van der Waals surface area contributed by atoms with E-state index in [0.717, 1.165) is 38.2 Å². The van der Waals surface area contributed by atoms with Crippen LogP contribution in [0.25, 0.3) is 0 Å². The van der Waals surface area contributed by atoms with Crippen molar-refractivity contribution in [1.82, 2.24) is 5.32 Å². The first-order valence-corrected chi connectivity index (χ1v) is 11.0. The summed E-state index contributed by atoms with van der Waals surface area (Å²) in [5.41, 5.74) is 1.44. The number of ether oxygens (including phenoxy) is 2. The lowest BCUT2D eigenvalue weighted by Crippen LogP contribution is -2.43. The molecular weight excluding hydrogens is 354 g/mol. The summed E-state index contributed by atoms with van der Waals surface area (Å²) >= 11 is 1.82. The molecule has 0 saturated carbocycles. The van der Waals surface area contributed by atoms with E-state index >= 15 is 0 Å². The summed E-state index contributed by atoms with van der Waals surface area (Å²) in [6, 6.07) is 13.3. The molecule has 2 aromatic rings. The minimum absolute atomic E-state index is 0.0992. The summed E-state index contributed by atoms with van der Waals surface area (Å²) in [5, 5.41) is 5.89. The van der Waals surface area contributed by atoms with Gasteiger partial charge in [0.15, 0.2) is 0 Å². The first kappa shape index (κ1) is 20.4. The molecule has 3 rings (SSSR count). The zero-order valence-corrected chi connectivity index (χ0v) is 17.9. The Kier molecular flexibility index (Phi) is 6.96. The van der Waals surface area contributed by atoms with Crippen LogP contribution in [0.1, 0.15) is 56.5 Å². The van der Waals surface area contributed by atoms with E-state index in [1.54, 1.807) is 7.11 Å². The van der Waals surface area contributed by atoms with E-state index in [4.69, 9.17) is 9.47 Å². The molecule has 0 amide bonds. The third-order valence-corrected chi connectivity index (χ3v) is 7.01. The quantitative estimate of drug-likeness (QED) is 0.642. The normalized spacial score (nSPS) is 24.1. The van der Waals surface area contributed by atoms with Crippen molar-refractivity contribution in [2.24, 2.45) is 5.92 Å². The molecule has 0 aliphatic carbocycles. The van der Waals surface area contributed by atoms with E-state index in [-0.39, 0.29) is 5.41 Å². The second kappa shape index (κ2) is 9.22. The number of rotatable bonds is 8. The van der Waals surface area contributed by atoms with Crippen molar-refractivity contribution >= 4 is 11.3 Å². The van der Waals surface area contributed by atoms with Crippen molar-refractivity contribution < 1.29 is 9.47 Å². The van der Waals surface area contributed by atoms with Gasteiger partial charge in [0.1, 0.15) is 5.75 Å². The molecule has 0 unspecified atom stereocenters. The predicted octanol–water partition coefficient (Wildman–Crippen LogP) is 5.57. The molecule has 0 spiro atoms. The average molecular weight is 388 g/mol. The maximum absolute atomic E-state index is 6.12. The molecule has 3 atom stereocenters. The third-order valence-electron chi connectivity index (χ3n) is 5.95. The Morgan fingerprint density at radius 1 is 1.22 bits per heavy atom. The molecule has 0 radical (unpaired) electrons. The number of nitrogens with one attached hydrogen (secondary N) is 1. The van der Waals surface area contributed by atoms with Gasteiger partial charge in [0.25, 0.3) is 0 Å². The standard InChI is InChI=1S/C23H33NO2S/c1-17(2)21-16-23(12-14-26-21,19-8-5-6-9-20(19)25-4)11-13-24-18(3)22-10-7-15-27-22/h5-10,15,17-18,21,24H,11-14,16H2,1-4H3/t18-,21+,23+/m0/s1. The van der Waals surface area contributed by atoms with Crippen molar-refractivity contribution in [3.63, 3.8) is 0 Å². The largest absolute Gasteiger partial charge is 0.496 e. The summed E-state index contributed by atoms with van der Waals surface area (Å²) in [6.45, 7) is 8.59. The molecule has 2 heterocycles. The number of benzene rings is 1. The van der Waals surface area contributed by atoms with Crippen LogP contribution in [0.3, 0.4) is 0 Å². The van der Waals surface area contributed by atoms with Gasteiger partial charge in [-0.1, -0.05) is 38.1 Å². The maximum Gasteiger partial charge on any atom is 0.122 e. The topological polar surface area (TPSA) is 30.5 Å². The van der Waals surface area contributed by atoms with Crippen LogP contribution < -0.4 is 10.1 Å². The van der Waals surface area contributed by atoms with Crippen molar-refractivity contribution in [3.8, 4) is 5.75 Å². The molecule has 1 aliphatic rings. The first-order chi connectivity index (χ1) is 13.1. The van der Waals surface area contributed by atoms with Gasteiger partial charge in [0.05, 0.1) is 13.2 Å². The highest BCUT2D eigenvalue weighted by molar-refractivity contribution is 7.10. The molecule has 1 aromatic heterocycles. The predicted molar refractivity (Wildman–Crippen MR) is 114 cm³/mol. The Bertz CT molecular complexity index is 700. The second-order valence-corrected chi connectivity index (χ2v) is 9.01. The Morgan fingerprint density at radius 3 is 2.74 bits per heavy atom. The molecule has 3 nitrogen and oxygen atoms in total. The summed E-state index contributed by atoms with van der Waals surface area (Å²) in [6.07, 6.45) is 3.50. The fraction of sp³-hybridized carbons (Fsp3) is 0.565. The zero-order valence-electron chi connectivity index (χ0n) is 17.0. The highest BCUT2D eigenvalue weighted by Gasteiger charge is 2.40. The number of hydrogen-bond donors (Lipinski definition) is 1. The van der Waals surface area contributed by atoms with Gasteiger partial charge in [-0.05, 0) is 56.2 Å². The Hall–Kier alpha value is -1.36. The Labute approximate surface area is 168 Å². The molecule has 1 fully saturated rings. The van der Waals surface area contributed by atoms with Gasteiger partial charge in [-0.25, -0.2) is 0 Å². The van der Waals surface area contributed by atoms with Gasteiger partial charge in [-0.3, -0.25) is 0 Å². The fourth-order valence-corrected chi connectivity index (χ4v) is 4.99. The maximum atomic E-state index is 6.12. The fourth-order valence-electron chi connectivity index (χ4n) is 4.24.